The van der Waals surface area contributed by atoms with Crippen molar-refractivity contribution in [2.24, 2.45) is 0 Å². The van der Waals surface area contributed by atoms with Crippen molar-refractivity contribution in [2.75, 3.05) is 26.2 Å². The van der Waals surface area contributed by atoms with E-state index in [4.69, 9.17) is 9.26 Å². The summed E-state index contributed by atoms with van der Waals surface area (Å²) in [5.74, 6) is 1.60. The number of fused-ring (bicyclic) bond motifs is 1. The highest BCUT2D eigenvalue weighted by atomic mass is 16.5. The lowest BCUT2D eigenvalue weighted by atomic mass is 10.0. The highest BCUT2D eigenvalue weighted by Crippen LogP contribution is 2.29. The number of aromatic nitrogens is 2. The van der Waals surface area contributed by atoms with Crippen LogP contribution in [0.5, 0.6) is 0 Å². The fraction of sp³-hybridized carbons (Fsp3) is 0.867. The van der Waals surface area contributed by atoms with E-state index in [-0.39, 0.29) is 12.0 Å². The van der Waals surface area contributed by atoms with Crippen LogP contribution in [0.25, 0.3) is 0 Å². The number of likely N-dealkylation sites (N-methyl/N-ethyl adjacent to an activating group) is 1. The fourth-order valence-corrected chi connectivity index (χ4v) is 3.25. The van der Waals surface area contributed by atoms with E-state index in [2.05, 4.69) is 41.1 Å². The van der Waals surface area contributed by atoms with Crippen LogP contribution in [0.2, 0.25) is 0 Å². The van der Waals surface area contributed by atoms with Gasteiger partial charge in [0.25, 0.3) is 0 Å². The van der Waals surface area contributed by atoms with E-state index < -0.39 is 0 Å². The van der Waals surface area contributed by atoms with Crippen LogP contribution in [0.1, 0.15) is 57.3 Å². The van der Waals surface area contributed by atoms with Crippen LogP contribution < -0.4 is 5.32 Å². The average Bonchev–Trinajstić information content (AvgIpc) is 3.14. The first-order valence-electron chi connectivity index (χ1n) is 8.11. The number of nitrogens with one attached hydrogen (secondary N) is 1. The summed E-state index contributed by atoms with van der Waals surface area (Å²) in [4.78, 5) is 7.08. The van der Waals surface area contributed by atoms with Gasteiger partial charge in [-0.2, -0.15) is 4.98 Å². The predicted octanol–water partition coefficient (Wildman–Crippen LogP) is 1.71. The summed E-state index contributed by atoms with van der Waals surface area (Å²) >= 11 is 0. The van der Waals surface area contributed by atoms with E-state index in [1.165, 1.54) is 19.4 Å². The van der Waals surface area contributed by atoms with Crippen LogP contribution in [0.3, 0.4) is 0 Å². The summed E-state index contributed by atoms with van der Waals surface area (Å²) < 4.78 is 11.4. The first-order valence-corrected chi connectivity index (χ1v) is 8.11. The number of hydrogen-bond donors (Lipinski definition) is 1. The lowest BCUT2D eigenvalue weighted by Gasteiger charge is -2.33. The molecule has 2 fully saturated rings. The van der Waals surface area contributed by atoms with Gasteiger partial charge in [-0.05, 0) is 32.9 Å². The van der Waals surface area contributed by atoms with Gasteiger partial charge >= 0.3 is 0 Å². The summed E-state index contributed by atoms with van der Waals surface area (Å²) in [5, 5.41) is 7.55. The Balaban J connectivity index is 1.64. The second-order valence-corrected chi connectivity index (χ2v) is 6.24. The largest absolute Gasteiger partial charge is 0.367 e. The molecule has 1 N–H and O–H groups in total. The minimum Gasteiger partial charge on any atom is -0.367 e. The Labute approximate surface area is 126 Å². The van der Waals surface area contributed by atoms with Crippen LogP contribution in [0.15, 0.2) is 4.52 Å². The molecule has 2 aliphatic heterocycles. The quantitative estimate of drug-likeness (QED) is 0.892. The average molecular weight is 294 g/mol. The van der Waals surface area contributed by atoms with Gasteiger partial charge in [-0.3, -0.25) is 4.90 Å². The summed E-state index contributed by atoms with van der Waals surface area (Å²) in [7, 11) is 0. The van der Waals surface area contributed by atoms with Crippen molar-refractivity contribution < 1.29 is 9.26 Å². The highest BCUT2D eigenvalue weighted by Gasteiger charge is 2.35. The normalized spacial score (nSPS) is 29.3. The number of hydrogen-bond acceptors (Lipinski definition) is 6. The maximum atomic E-state index is 5.94. The SMILES string of the molecule is CCNC(C)C(C)c1nc(C2CN3CCCC3CO2)no1. The molecular weight excluding hydrogens is 268 g/mol. The van der Waals surface area contributed by atoms with Gasteiger partial charge in [-0.1, -0.05) is 19.0 Å². The maximum Gasteiger partial charge on any atom is 0.231 e. The Hall–Kier alpha value is -0.980. The lowest BCUT2D eigenvalue weighted by molar-refractivity contribution is -0.0548. The van der Waals surface area contributed by atoms with Crippen molar-refractivity contribution in [1.82, 2.24) is 20.4 Å². The van der Waals surface area contributed by atoms with E-state index in [1.807, 2.05) is 0 Å². The predicted molar refractivity (Wildman–Crippen MR) is 79.1 cm³/mol. The van der Waals surface area contributed by atoms with E-state index in [9.17, 15) is 0 Å². The van der Waals surface area contributed by atoms with Crippen molar-refractivity contribution in [2.45, 2.75) is 57.7 Å². The van der Waals surface area contributed by atoms with Crippen molar-refractivity contribution in [3.05, 3.63) is 11.7 Å². The van der Waals surface area contributed by atoms with Gasteiger partial charge in [0.05, 0.1) is 12.5 Å². The molecule has 3 heterocycles. The Bertz CT molecular complexity index is 464. The zero-order valence-corrected chi connectivity index (χ0v) is 13.2. The van der Waals surface area contributed by atoms with Crippen LogP contribution in [-0.4, -0.2) is 53.4 Å². The van der Waals surface area contributed by atoms with E-state index in [0.29, 0.717) is 23.8 Å². The summed E-state index contributed by atoms with van der Waals surface area (Å²) in [5.41, 5.74) is 0. The molecule has 2 saturated heterocycles. The maximum absolute atomic E-state index is 5.94. The third kappa shape index (κ3) is 3.12. The minimum atomic E-state index is -0.0431. The summed E-state index contributed by atoms with van der Waals surface area (Å²) in [6.07, 6.45) is 2.48. The number of ether oxygens (including phenoxy) is 1. The molecule has 4 atom stereocenters. The summed E-state index contributed by atoms with van der Waals surface area (Å²) in [6.45, 7) is 10.1. The van der Waals surface area contributed by atoms with E-state index >= 15 is 0 Å². The third-order valence-corrected chi connectivity index (χ3v) is 4.80. The first kappa shape index (κ1) is 14.9. The van der Waals surface area contributed by atoms with E-state index in [1.54, 1.807) is 0 Å². The molecule has 1 aromatic heterocycles. The van der Waals surface area contributed by atoms with Crippen LogP contribution in [-0.2, 0) is 4.74 Å². The monoisotopic (exact) mass is 294 g/mol. The van der Waals surface area contributed by atoms with Gasteiger partial charge in [-0.25, -0.2) is 0 Å². The molecule has 4 unspecified atom stereocenters. The molecule has 0 spiro atoms. The van der Waals surface area contributed by atoms with Crippen molar-refractivity contribution >= 4 is 0 Å². The topological polar surface area (TPSA) is 63.4 Å². The Morgan fingerprint density at radius 2 is 2.29 bits per heavy atom. The van der Waals surface area contributed by atoms with Gasteiger partial charge in [0.15, 0.2) is 0 Å². The molecule has 6 nitrogen and oxygen atoms in total. The molecule has 0 amide bonds. The van der Waals surface area contributed by atoms with Crippen molar-refractivity contribution in [1.29, 1.82) is 0 Å². The lowest BCUT2D eigenvalue weighted by Crippen LogP contribution is -2.42. The zero-order valence-electron chi connectivity index (χ0n) is 13.2. The molecule has 0 aliphatic carbocycles. The van der Waals surface area contributed by atoms with Crippen LogP contribution in [0.4, 0.5) is 0 Å². The van der Waals surface area contributed by atoms with E-state index in [0.717, 1.165) is 19.7 Å². The zero-order chi connectivity index (χ0) is 14.8. The number of morpholine rings is 1. The fourth-order valence-electron chi connectivity index (χ4n) is 3.25. The molecular formula is C15H26N4O2. The second-order valence-electron chi connectivity index (χ2n) is 6.24. The van der Waals surface area contributed by atoms with Gasteiger partial charge < -0.3 is 14.6 Å². The Morgan fingerprint density at radius 3 is 3.10 bits per heavy atom. The molecule has 6 heteroatoms. The molecule has 1 aromatic rings. The molecule has 118 valence electrons. The number of rotatable bonds is 5. The summed E-state index contributed by atoms with van der Waals surface area (Å²) in [6, 6.07) is 0.916. The standard InChI is InChI=1S/C15H26N4O2/c1-4-16-11(3)10(2)15-17-14(18-21-15)13-8-19-7-5-6-12(19)9-20-13/h10-13,16H,4-9H2,1-3H3. The van der Waals surface area contributed by atoms with Crippen LogP contribution in [0, 0.1) is 0 Å². The molecule has 0 saturated carbocycles. The smallest absolute Gasteiger partial charge is 0.231 e. The molecule has 0 radical (unpaired) electrons. The molecule has 3 rings (SSSR count). The van der Waals surface area contributed by atoms with Gasteiger partial charge in [0.2, 0.25) is 11.7 Å². The first-order chi connectivity index (χ1) is 10.2. The molecule has 2 aliphatic rings. The molecule has 0 aromatic carbocycles. The minimum absolute atomic E-state index is 0.0431. The highest BCUT2D eigenvalue weighted by molar-refractivity contribution is 5.01. The van der Waals surface area contributed by atoms with Gasteiger partial charge in [0.1, 0.15) is 6.10 Å². The molecule has 21 heavy (non-hydrogen) atoms. The number of nitrogens with zero attached hydrogens (tertiary/aromatic N) is 3. The third-order valence-electron chi connectivity index (χ3n) is 4.80. The molecule has 0 bridgehead atoms. The van der Waals surface area contributed by atoms with Crippen molar-refractivity contribution in [3.8, 4) is 0 Å². The Kier molecular flexibility index (Phi) is 4.57. The van der Waals surface area contributed by atoms with Gasteiger partial charge in [-0.15, -0.1) is 0 Å². The van der Waals surface area contributed by atoms with Crippen LogP contribution >= 0.6 is 0 Å². The Morgan fingerprint density at radius 1 is 1.43 bits per heavy atom. The van der Waals surface area contributed by atoms with Gasteiger partial charge in [0, 0.05) is 18.6 Å². The van der Waals surface area contributed by atoms with Crippen molar-refractivity contribution in [3.63, 3.8) is 0 Å². The second kappa shape index (κ2) is 6.42.